The van der Waals surface area contributed by atoms with E-state index >= 15 is 0 Å². The lowest BCUT2D eigenvalue weighted by Gasteiger charge is -2.16. The van der Waals surface area contributed by atoms with Crippen LogP contribution in [0.4, 0.5) is 22.9 Å². The van der Waals surface area contributed by atoms with Gasteiger partial charge in [-0.15, -0.1) is 0 Å². The predicted octanol–water partition coefficient (Wildman–Crippen LogP) is 13.1. The Morgan fingerprint density at radius 3 is 1.43 bits per heavy atom. The molecular weight excluding hydrogens is 1370 g/mol. The first kappa shape index (κ1) is 88.4. The molecule has 0 amide bonds. The van der Waals surface area contributed by atoms with Crippen LogP contribution in [-0.2, 0) is 17.8 Å². The summed E-state index contributed by atoms with van der Waals surface area (Å²) in [7, 11) is 6.96. The van der Waals surface area contributed by atoms with Crippen molar-refractivity contribution >= 4 is 40.6 Å². The van der Waals surface area contributed by atoms with Gasteiger partial charge in [-0.3, -0.25) is 54.4 Å². The topological polar surface area (TPSA) is 364 Å². The number of aliphatic hydroxyl groups is 2. The molecule has 14 rings (SSSR count). The second-order valence-electron chi connectivity index (χ2n) is 21.6. The largest absolute Gasteiger partial charge is 0.506 e. The average Bonchev–Trinajstić information content (AvgIpc) is 1.91. The van der Waals surface area contributed by atoms with Crippen molar-refractivity contribution in [2.75, 3.05) is 63.1 Å². The predicted molar refractivity (Wildman–Crippen MR) is 419 cm³/mol. The summed E-state index contributed by atoms with van der Waals surface area (Å²) in [5, 5.41) is 45.8. The van der Waals surface area contributed by atoms with Crippen LogP contribution < -0.4 is 25.4 Å². The van der Waals surface area contributed by atoms with Crippen LogP contribution in [0.25, 0.3) is 0 Å². The summed E-state index contributed by atoms with van der Waals surface area (Å²) in [5.74, 6) is 0.743. The molecule has 1 fully saturated rings. The zero-order chi connectivity index (χ0) is 78.3. The molecule has 1 aromatic carbocycles. The molecule has 13 heterocycles. The number of para-hydroxylation sites is 1. The summed E-state index contributed by atoms with van der Waals surface area (Å²) in [6.45, 7) is 6.09. The third kappa shape index (κ3) is 43.8. The molecule has 0 atom stereocenters. The number of benzene rings is 1. The van der Waals surface area contributed by atoms with Crippen molar-refractivity contribution in [2.24, 2.45) is 0 Å². The zero-order valence-electron chi connectivity index (χ0n) is 61.0. The number of aromatic carboxylic acids is 1. The number of pyridine rings is 12. The van der Waals surface area contributed by atoms with Gasteiger partial charge in [-0.1, -0.05) is 48.5 Å². The number of rotatable bonds is 11. The van der Waals surface area contributed by atoms with Gasteiger partial charge in [0.15, 0.2) is 5.78 Å². The van der Waals surface area contributed by atoms with E-state index in [0.717, 1.165) is 28.5 Å². The highest BCUT2D eigenvalue weighted by Crippen LogP contribution is 2.18. The number of Topliss-reactive ketones (excluding diaryl/α,β-unsaturated/α-hetero) is 1. The van der Waals surface area contributed by atoms with Gasteiger partial charge in [0.1, 0.15) is 17.3 Å². The number of aromatic hydroxyl groups is 2. The van der Waals surface area contributed by atoms with Crippen LogP contribution in [0.2, 0.25) is 0 Å². The number of H-pyrrole nitrogens is 1. The highest BCUT2D eigenvalue weighted by Gasteiger charge is 2.11. The number of esters is 1. The molecule has 0 bridgehead atoms. The molecule has 560 valence electrons. The molecule has 13 aromatic rings. The fraction of sp³-hybridized carbons (Fsp3) is 0.159. The molecule has 0 unspecified atom stereocenters. The molecule has 0 aliphatic carbocycles. The number of anilines is 4. The van der Waals surface area contributed by atoms with E-state index < -0.39 is 5.97 Å². The third-order valence-electron chi connectivity index (χ3n) is 13.2. The van der Waals surface area contributed by atoms with Crippen molar-refractivity contribution < 1.29 is 49.4 Å². The number of aryl methyl sites for hydroxylation is 1. The first-order chi connectivity index (χ1) is 52.5. The van der Waals surface area contributed by atoms with E-state index in [4.69, 9.17) is 30.3 Å². The number of aromatic nitrogens is 12. The number of carbonyl (C=O) groups excluding carboxylic acids is 2. The number of ketones is 1. The molecule has 12 aromatic heterocycles. The minimum absolute atomic E-state index is 0.0532. The van der Waals surface area contributed by atoms with Crippen molar-refractivity contribution in [3.63, 3.8) is 0 Å². The Morgan fingerprint density at radius 1 is 0.509 bits per heavy atom. The summed E-state index contributed by atoms with van der Waals surface area (Å²) in [6.07, 6.45) is 34.3. The quantitative estimate of drug-likeness (QED) is 0.0467. The van der Waals surface area contributed by atoms with E-state index in [1.807, 2.05) is 135 Å². The molecule has 26 nitrogen and oxygen atoms in total. The Morgan fingerprint density at radius 2 is 1.06 bits per heavy atom. The monoisotopic (exact) mass is 1460 g/mol. The zero-order valence-corrected chi connectivity index (χ0v) is 61.0. The molecule has 1 saturated heterocycles. The Hall–Kier alpha value is -13.9. The van der Waals surface area contributed by atoms with Crippen molar-refractivity contribution in [2.45, 2.75) is 39.7 Å². The highest BCUT2D eigenvalue weighted by molar-refractivity contribution is 5.93. The van der Waals surface area contributed by atoms with Crippen molar-refractivity contribution in [3.8, 4) is 17.4 Å². The van der Waals surface area contributed by atoms with Crippen LogP contribution in [0.5, 0.6) is 17.4 Å². The Kier molecular flexibility index (Phi) is 47.2. The van der Waals surface area contributed by atoms with Gasteiger partial charge in [-0.25, -0.2) is 19.6 Å². The summed E-state index contributed by atoms with van der Waals surface area (Å²) in [6, 6.07) is 60.1. The normalized spacial score (nSPS) is 9.87. The maximum absolute atomic E-state index is 10.8. The SMILES string of the molecule is CC(=O)c1ccncc1.CN(C)c1ccncc1.COC(=O)c1cccnc1.COc1ccccn1.Cc1ccc(O)cn1.O=C(O)c1cccnc1.O=c1cccc[nH]1.OCCc1ccccn1.OCc1cccnc1.Oc1cccnc1.c1cc(N2CCCC2)ccn1.c1ccc(Nc2ccccn2)cc1. The molecule has 1 aliphatic rings. The number of nitrogens with zero attached hydrogens (tertiary/aromatic N) is 13. The van der Waals surface area contributed by atoms with Crippen molar-refractivity contribution in [3.05, 3.63) is 362 Å². The number of carboxylic acid groups (broad SMARTS) is 1. The van der Waals surface area contributed by atoms with E-state index in [9.17, 15) is 19.2 Å². The first-order valence-corrected chi connectivity index (χ1v) is 33.3. The summed E-state index contributed by atoms with van der Waals surface area (Å²) >= 11 is 0. The highest BCUT2D eigenvalue weighted by atomic mass is 16.5. The van der Waals surface area contributed by atoms with Crippen LogP contribution in [0.3, 0.4) is 0 Å². The number of carbonyl (C=O) groups is 3. The number of carboxylic acids is 1. The molecule has 1 aliphatic heterocycles. The molecule has 0 radical (unpaired) electrons. The summed E-state index contributed by atoms with van der Waals surface area (Å²) < 4.78 is 9.26. The number of aromatic amines is 1. The summed E-state index contributed by atoms with van der Waals surface area (Å²) in [5.41, 5.74) is 7.63. The number of methoxy groups -OCH3 is 2. The van der Waals surface area contributed by atoms with Gasteiger partial charge in [-0.05, 0) is 172 Å². The van der Waals surface area contributed by atoms with Crippen LogP contribution in [0.15, 0.2) is 323 Å². The van der Waals surface area contributed by atoms with E-state index in [-0.39, 0.29) is 47.6 Å². The summed E-state index contributed by atoms with van der Waals surface area (Å²) in [4.78, 5) is 91.0. The lowest BCUT2D eigenvalue weighted by atomic mass is 10.2. The van der Waals surface area contributed by atoms with Crippen LogP contribution in [-0.4, -0.2) is 151 Å². The van der Waals surface area contributed by atoms with Gasteiger partial charge in [0.2, 0.25) is 11.4 Å². The van der Waals surface area contributed by atoms with E-state index in [2.05, 4.69) is 86.9 Å². The van der Waals surface area contributed by atoms with Gasteiger partial charge < -0.3 is 55.1 Å². The van der Waals surface area contributed by atoms with E-state index in [1.165, 1.54) is 94.5 Å². The Labute approximate surface area is 629 Å². The van der Waals surface area contributed by atoms with Crippen LogP contribution in [0, 0.1) is 6.92 Å². The fourth-order valence-corrected chi connectivity index (χ4v) is 7.77. The lowest BCUT2D eigenvalue weighted by Crippen LogP contribution is -2.17. The molecule has 108 heavy (non-hydrogen) atoms. The van der Waals surface area contributed by atoms with Crippen LogP contribution >= 0.6 is 0 Å². The first-order valence-electron chi connectivity index (χ1n) is 33.3. The average molecular weight is 1460 g/mol. The minimum atomic E-state index is -0.942. The van der Waals surface area contributed by atoms with Crippen molar-refractivity contribution in [1.29, 1.82) is 0 Å². The molecule has 26 heteroatoms. The molecule has 0 saturated carbocycles. The van der Waals surface area contributed by atoms with Gasteiger partial charge in [-0.2, -0.15) is 0 Å². The Bertz CT molecular complexity index is 4200. The number of ether oxygens (including phenoxy) is 2. The van der Waals surface area contributed by atoms with Crippen LogP contribution in [0.1, 0.15) is 67.8 Å². The number of nitrogens with one attached hydrogen (secondary N) is 2. The standard InChI is InChI=1S/C11H10N2.C9H12N2.C7H10N2.C7H7NO2.C7H7NO.C7H9NO.C6H5NO2.3C6H7NO.2C5H5NO/c1-2-6-10(7-3-1)13-11-8-4-5-9-12-11;1-2-8-11(7-1)9-3-5-10-6-4-9;1-9(2)7-3-5-8-6-4-7;1-10-7(9)6-3-2-4-8-5-6;1-6(9)7-2-4-8-5-3-7;9-6-4-7-3-1-2-5-8-7;8-6(9)5-2-1-3-7-4-5;1-5-2-3-6(8)4-7-5;1-8-6-4-2-3-5-7-6;8-5-6-2-1-3-7-4-6;7-5-2-1-3-6-4-5;7-5-3-1-2-4-6-5/h1-9H,(H,12,13);3-6H,1-2,7-8H2;3-6H,1-2H3;2-5H,1H3;2-5H,1H3;1-3,5,9H,4,6H2;1-4H,(H,8,9);2-4,8H,1H3;2-5H,1H3;1-4,8H,5H2;1-4,7H;1-4H,(H,6,7). The second kappa shape index (κ2) is 57.6. The lowest BCUT2D eigenvalue weighted by molar-refractivity contribution is 0.0599. The number of aliphatic hydroxyl groups excluding tert-OH is 2. The Balaban J connectivity index is 0.000000307. The van der Waals surface area contributed by atoms with E-state index in [1.54, 1.807) is 160 Å². The fourth-order valence-electron chi connectivity index (χ4n) is 7.77. The van der Waals surface area contributed by atoms with Crippen molar-refractivity contribution in [1.82, 2.24) is 59.8 Å². The van der Waals surface area contributed by atoms with Gasteiger partial charge in [0, 0.05) is 192 Å². The second-order valence-corrected chi connectivity index (χ2v) is 21.6. The van der Waals surface area contributed by atoms with Gasteiger partial charge in [0.05, 0.1) is 44.3 Å². The smallest absolute Gasteiger partial charge is 0.339 e. The maximum atomic E-state index is 10.8. The van der Waals surface area contributed by atoms with Gasteiger partial charge >= 0.3 is 11.9 Å². The number of hydrogen-bond donors (Lipinski definition) is 7. The molecule has 0 spiro atoms. The molecular formula is C82H91N15O11. The molecule has 7 N–H and O–H groups in total. The van der Waals surface area contributed by atoms with E-state index in [0.29, 0.717) is 23.4 Å². The minimum Gasteiger partial charge on any atom is -0.506 e. The number of hydrogen-bond acceptors (Lipinski definition) is 24. The van der Waals surface area contributed by atoms with Gasteiger partial charge in [0.25, 0.3) is 0 Å². The third-order valence-corrected chi connectivity index (χ3v) is 13.2. The maximum Gasteiger partial charge on any atom is 0.339 e.